The van der Waals surface area contributed by atoms with E-state index in [9.17, 15) is 9.59 Å². The largest absolute Gasteiger partial charge is 0.493 e. The molecule has 0 bridgehead atoms. The van der Waals surface area contributed by atoms with Gasteiger partial charge in [-0.25, -0.2) is 4.68 Å². The lowest BCUT2D eigenvalue weighted by Crippen LogP contribution is -2.23. The molecule has 0 aliphatic rings. The highest BCUT2D eigenvalue weighted by atomic mass is 16.5. The van der Waals surface area contributed by atoms with Crippen molar-refractivity contribution in [3.8, 4) is 39.9 Å². The number of hydrogen-bond donors (Lipinski definition) is 0. The molecule has 0 fully saturated rings. The molecule has 10 heteroatoms. The summed E-state index contributed by atoms with van der Waals surface area (Å²) in [7, 11) is 4.90. The number of methoxy groups -OCH3 is 2. The van der Waals surface area contributed by atoms with Crippen molar-refractivity contribution in [2.45, 2.75) is 6.42 Å². The van der Waals surface area contributed by atoms with Crippen LogP contribution in [-0.4, -0.2) is 44.3 Å². The summed E-state index contributed by atoms with van der Waals surface area (Å²) in [5.74, 6) is 1.81. The van der Waals surface area contributed by atoms with Crippen LogP contribution in [0, 0.1) is 0 Å². The summed E-state index contributed by atoms with van der Waals surface area (Å²) in [5, 5.41) is 0.738. The first-order valence-electron chi connectivity index (χ1n) is 13.4. The zero-order valence-corrected chi connectivity index (χ0v) is 23.7. The van der Waals surface area contributed by atoms with Crippen LogP contribution in [0.5, 0.6) is 23.0 Å². The minimum absolute atomic E-state index is 0.0679. The smallest absolute Gasteiger partial charge is 0.282 e. The van der Waals surface area contributed by atoms with Crippen LogP contribution in [0.1, 0.15) is 16.1 Å². The van der Waals surface area contributed by atoms with Gasteiger partial charge in [0.2, 0.25) is 0 Å². The SMILES string of the molecule is COc1cc2nccc(Oc3ccc(CC(=O)c4c(-c5ccncc5)n(C)n(-c5ccccc5)c4=O)nc3)c2cc1OC. The summed E-state index contributed by atoms with van der Waals surface area (Å²) in [5.41, 5.74) is 2.75. The van der Waals surface area contributed by atoms with Gasteiger partial charge >= 0.3 is 0 Å². The van der Waals surface area contributed by atoms with Gasteiger partial charge in [0.1, 0.15) is 17.1 Å². The molecule has 43 heavy (non-hydrogen) atoms. The Kier molecular flexibility index (Phi) is 7.40. The monoisotopic (exact) mass is 573 g/mol. The van der Waals surface area contributed by atoms with Crippen molar-refractivity contribution < 1.29 is 19.0 Å². The van der Waals surface area contributed by atoms with E-state index in [0.717, 1.165) is 5.39 Å². The molecule has 6 rings (SSSR count). The first kappa shape index (κ1) is 27.4. The van der Waals surface area contributed by atoms with Gasteiger partial charge in [0.05, 0.1) is 43.7 Å². The fourth-order valence-corrected chi connectivity index (χ4v) is 5.05. The van der Waals surface area contributed by atoms with Gasteiger partial charge < -0.3 is 14.2 Å². The Morgan fingerprint density at radius 2 is 1.58 bits per heavy atom. The first-order chi connectivity index (χ1) is 21.0. The molecule has 0 aliphatic heterocycles. The molecule has 0 aliphatic carbocycles. The Morgan fingerprint density at radius 3 is 2.28 bits per heavy atom. The molecular weight excluding hydrogens is 546 g/mol. The van der Waals surface area contributed by atoms with E-state index in [1.165, 1.54) is 4.68 Å². The van der Waals surface area contributed by atoms with E-state index in [4.69, 9.17) is 14.2 Å². The molecule has 2 aromatic carbocycles. The molecule has 0 unspecified atom stereocenters. The summed E-state index contributed by atoms with van der Waals surface area (Å²) in [6.07, 6.45) is 6.39. The van der Waals surface area contributed by atoms with Gasteiger partial charge in [-0.1, -0.05) is 18.2 Å². The number of Topliss-reactive ketones (excluding diaryl/α,β-unsaturated/α-hetero) is 1. The molecule has 0 radical (unpaired) electrons. The quantitative estimate of drug-likeness (QED) is 0.211. The second-order valence-electron chi connectivity index (χ2n) is 9.66. The number of ether oxygens (including phenoxy) is 3. The molecule has 0 spiro atoms. The van der Waals surface area contributed by atoms with Crippen molar-refractivity contribution in [1.29, 1.82) is 0 Å². The maximum absolute atomic E-state index is 13.7. The van der Waals surface area contributed by atoms with Crippen molar-refractivity contribution in [2.75, 3.05) is 14.2 Å². The minimum atomic E-state index is -0.401. The van der Waals surface area contributed by atoms with Gasteiger partial charge in [-0.15, -0.1) is 0 Å². The maximum atomic E-state index is 13.7. The molecule has 0 amide bonds. The molecule has 4 aromatic heterocycles. The summed E-state index contributed by atoms with van der Waals surface area (Å²) in [6.45, 7) is 0. The second-order valence-corrected chi connectivity index (χ2v) is 9.66. The van der Waals surface area contributed by atoms with E-state index in [-0.39, 0.29) is 17.8 Å². The van der Waals surface area contributed by atoms with Gasteiger partial charge in [0, 0.05) is 48.3 Å². The van der Waals surface area contributed by atoms with E-state index >= 15 is 0 Å². The molecule has 214 valence electrons. The summed E-state index contributed by atoms with van der Waals surface area (Å²) in [4.78, 5) is 40.4. The van der Waals surface area contributed by atoms with Crippen molar-refractivity contribution in [3.05, 3.63) is 119 Å². The lowest BCUT2D eigenvalue weighted by molar-refractivity contribution is 0.0991. The van der Waals surface area contributed by atoms with Gasteiger partial charge in [-0.2, -0.15) is 0 Å². The number of rotatable bonds is 9. The Bertz CT molecular complexity index is 1990. The van der Waals surface area contributed by atoms with Crippen LogP contribution in [0.2, 0.25) is 0 Å². The summed E-state index contributed by atoms with van der Waals surface area (Å²) < 4.78 is 20.1. The van der Waals surface area contributed by atoms with Crippen molar-refractivity contribution in [1.82, 2.24) is 24.3 Å². The van der Waals surface area contributed by atoms with E-state index in [1.807, 2.05) is 30.3 Å². The number of nitrogens with zero attached hydrogens (tertiary/aromatic N) is 5. The van der Waals surface area contributed by atoms with E-state index in [2.05, 4.69) is 15.0 Å². The highest BCUT2D eigenvalue weighted by molar-refractivity contribution is 6.02. The highest BCUT2D eigenvalue weighted by Crippen LogP contribution is 2.36. The van der Waals surface area contributed by atoms with Gasteiger partial charge in [-0.3, -0.25) is 29.2 Å². The Hall–Kier alpha value is -5.77. The molecule has 4 heterocycles. The zero-order chi connectivity index (χ0) is 29.9. The lowest BCUT2D eigenvalue weighted by atomic mass is 10.0. The third kappa shape index (κ3) is 5.21. The van der Waals surface area contributed by atoms with Crippen LogP contribution in [-0.2, 0) is 13.5 Å². The number of fused-ring (bicyclic) bond motifs is 1. The van der Waals surface area contributed by atoms with Crippen LogP contribution in [0.3, 0.4) is 0 Å². The van der Waals surface area contributed by atoms with Crippen LogP contribution in [0.15, 0.2) is 102 Å². The average Bonchev–Trinajstić information content (AvgIpc) is 3.31. The van der Waals surface area contributed by atoms with Gasteiger partial charge in [0.25, 0.3) is 5.56 Å². The van der Waals surface area contributed by atoms with Crippen LogP contribution >= 0.6 is 0 Å². The molecule has 0 saturated heterocycles. The Morgan fingerprint density at radius 1 is 0.837 bits per heavy atom. The fraction of sp³-hybridized carbons (Fsp3) is 0.121. The lowest BCUT2D eigenvalue weighted by Gasteiger charge is -2.12. The summed E-state index contributed by atoms with van der Waals surface area (Å²) in [6, 6.07) is 21.6. The number of carbonyl (C=O) groups excluding carboxylic acids is 1. The first-order valence-corrected chi connectivity index (χ1v) is 13.4. The number of benzene rings is 2. The van der Waals surface area contributed by atoms with E-state index in [1.54, 1.807) is 93.2 Å². The number of carbonyl (C=O) groups is 1. The van der Waals surface area contributed by atoms with Crippen molar-refractivity contribution >= 4 is 16.7 Å². The van der Waals surface area contributed by atoms with Crippen molar-refractivity contribution in [2.24, 2.45) is 7.05 Å². The number of para-hydroxylation sites is 1. The predicted molar refractivity (Wildman–Crippen MR) is 161 cm³/mol. The standard InChI is InChI=1S/C33H27N5O5/c1-37-32(21-11-14-34-15-12-21)31(33(40)38(37)23-7-5-4-6-8-23)27(39)17-22-9-10-24(20-36-22)43-28-13-16-35-26-19-30(42-3)29(41-2)18-25(26)28/h4-16,18-20H,17H2,1-3H3. The number of aromatic nitrogens is 5. The van der Waals surface area contributed by atoms with Crippen LogP contribution < -0.4 is 19.8 Å². The topological polar surface area (TPSA) is 110 Å². The molecular formula is C33H27N5O5. The van der Waals surface area contributed by atoms with Crippen LogP contribution in [0.4, 0.5) is 0 Å². The molecule has 0 saturated carbocycles. The zero-order valence-electron chi connectivity index (χ0n) is 23.7. The Labute approximate surface area is 246 Å². The normalized spacial score (nSPS) is 11.0. The average molecular weight is 574 g/mol. The third-order valence-corrected chi connectivity index (χ3v) is 7.07. The third-order valence-electron chi connectivity index (χ3n) is 7.07. The highest BCUT2D eigenvalue weighted by Gasteiger charge is 2.26. The van der Waals surface area contributed by atoms with E-state index < -0.39 is 5.56 Å². The van der Waals surface area contributed by atoms with Gasteiger partial charge in [0.15, 0.2) is 17.3 Å². The molecule has 6 aromatic rings. The summed E-state index contributed by atoms with van der Waals surface area (Å²) >= 11 is 0. The fourth-order valence-electron chi connectivity index (χ4n) is 5.05. The number of pyridine rings is 3. The second kappa shape index (κ2) is 11.6. The maximum Gasteiger partial charge on any atom is 0.282 e. The van der Waals surface area contributed by atoms with Crippen molar-refractivity contribution in [3.63, 3.8) is 0 Å². The Balaban J connectivity index is 1.30. The number of ketones is 1. The molecule has 0 N–H and O–H groups in total. The van der Waals surface area contributed by atoms with Gasteiger partial charge in [-0.05, 0) is 48.5 Å². The minimum Gasteiger partial charge on any atom is -0.493 e. The van der Waals surface area contributed by atoms with Crippen LogP contribution in [0.25, 0.3) is 27.8 Å². The number of hydrogen-bond acceptors (Lipinski definition) is 8. The molecule has 0 atom stereocenters. The van der Waals surface area contributed by atoms with E-state index in [0.29, 0.717) is 51.2 Å². The predicted octanol–water partition coefficient (Wildman–Crippen LogP) is 5.42. The molecule has 10 nitrogen and oxygen atoms in total.